The third kappa shape index (κ3) is 4.83. The molecule has 0 unspecified atom stereocenters. The minimum atomic E-state index is -0.587. The zero-order valence-electron chi connectivity index (χ0n) is 13.9. The van der Waals surface area contributed by atoms with Crippen molar-refractivity contribution in [1.29, 1.82) is 0 Å². The number of hydrogen-bond donors (Lipinski definition) is 2. The summed E-state index contributed by atoms with van der Waals surface area (Å²) in [4.78, 5) is 23.6. The van der Waals surface area contributed by atoms with Gasteiger partial charge in [-0.15, -0.1) is 0 Å². The van der Waals surface area contributed by atoms with Gasteiger partial charge in [-0.1, -0.05) is 0 Å². The summed E-state index contributed by atoms with van der Waals surface area (Å²) >= 11 is 1.09. The highest BCUT2D eigenvalue weighted by Crippen LogP contribution is 2.25. The number of rotatable bonds is 5. The van der Waals surface area contributed by atoms with Crippen LogP contribution in [0.5, 0.6) is 0 Å². The minimum Gasteiger partial charge on any atom is -0.450 e. The fourth-order valence-electron chi connectivity index (χ4n) is 2.00. The molecule has 2 N–H and O–H groups in total. The summed E-state index contributed by atoms with van der Waals surface area (Å²) in [7, 11) is 0. The topological polar surface area (TPSA) is 92.7 Å². The van der Waals surface area contributed by atoms with Gasteiger partial charge < -0.3 is 4.74 Å². The molecule has 0 saturated heterocycles. The Morgan fingerprint density at radius 2 is 2.00 bits per heavy atom. The summed E-state index contributed by atoms with van der Waals surface area (Å²) in [5.41, 5.74) is 4.42. The van der Waals surface area contributed by atoms with Crippen LogP contribution in [0.2, 0.25) is 0 Å². The summed E-state index contributed by atoms with van der Waals surface area (Å²) in [6.45, 7) is 5.40. The van der Waals surface area contributed by atoms with E-state index in [0.717, 1.165) is 11.5 Å². The molecule has 7 nitrogen and oxygen atoms in total. The number of hydrazone groups is 1. The third-order valence-corrected chi connectivity index (χ3v) is 4.00. The maximum atomic E-state index is 12.9. The molecule has 1 aromatic heterocycles. The Morgan fingerprint density at radius 3 is 2.64 bits per heavy atom. The van der Waals surface area contributed by atoms with E-state index in [4.69, 9.17) is 4.74 Å². The second kappa shape index (κ2) is 8.34. The molecule has 25 heavy (non-hydrogen) atoms. The number of amides is 2. The SMILES string of the molecule is CCOC(=O)Nc1snc(C)c1/C(C)=N/NC(=O)c1ccc(F)cc1. The van der Waals surface area contributed by atoms with Gasteiger partial charge in [0.15, 0.2) is 0 Å². The molecule has 0 aliphatic carbocycles. The third-order valence-electron chi connectivity index (χ3n) is 3.15. The van der Waals surface area contributed by atoms with E-state index in [0.29, 0.717) is 22.0 Å². The Bertz CT molecular complexity index is 802. The van der Waals surface area contributed by atoms with Crippen molar-refractivity contribution in [3.8, 4) is 0 Å². The first-order chi connectivity index (χ1) is 11.9. The fourth-order valence-corrected chi connectivity index (χ4v) is 2.83. The van der Waals surface area contributed by atoms with E-state index in [9.17, 15) is 14.0 Å². The van der Waals surface area contributed by atoms with Crippen molar-refractivity contribution >= 4 is 34.2 Å². The van der Waals surface area contributed by atoms with Crippen LogP contribution >= 0.6 is 11.5 Å². The molecule has 0 radical (unpaired) electrons. The molecule has 2 amide bonds. The molecule has 0 aliphatic rings. The van der Waals surface area contributed by atoms with Crippen molar-refractivity contribution in [3.05, 3.63) is 46.9 Å². The van der Waals surface area contributed by atoms with Crippen molar-refractivity contribution in [2.45, 2.75) is 20.8 Å². The van der Waals surface area contributed by atoms with Crippen molar-refractivity contribution in [2.75, 3.05) is 11.9 Å². The van der Waals surface area contributed by atoms with Gasteiger partial charge in [0, 0.05) is 5.56 Å². The molecule has 2 rings (SSSR count). The summed E-state index contributed by atoms with van der Waals surface area (Å²) in [5, 5.41) is 7.12. The number of aromatic nitrogens is 1. The first kappa shape index (κ1) is 18.5. The molecule has 0 fully saturated rings. The number of hydrogen-bond acceptors (Lipinski definition) is 6. The van der Waals surface area contributed by atoms with E-state index < -0.39 is 17.8 Å². The molecular formula is C16H17FN4O3S. The Morgan fingerprint density at radius 1 is 1.32 bits per heavy atom. The van der Waals surface area contributed by atoms with Gasteiger partial charge in [0.2, 0.25) is 0 Å². The van der Waals surface area contributed by atoms with Gasteiger partial charge >= 0.3 is 6.09 Å². The molecule has 132 valence electrons. The second-order valence-electron chi connectivity index (χ2n) is 4.96. The zero-order chi connectivity index (χ0) is 18.4. The van der Waals surface area contributed by atoms with Gasteiger partial charge in [-0.05, 0) is 56.6 Å². The number of ether oxygens (including phenoxy) is 1. The van der Waals surface area contributed by atoms with Crippen LogP contribution in [0.25, 0.3) is 0 Å². The lowest BCUT2D eigenvalue weighted by Crippen LogP contribution is -2.20. The van der Waals surface area contributed by atoms with Gasteiger partial charge in [0.05, 0.1) is 23.6 Å². The van der Waals surface area contributed by atoms with E-state index in [1.807, 2.05) is 0 Å². The number of nitrogens with one attached hydrogen (secondary N) is 2. The Kier molecular flexibility index (Phi) is 6.18. The smallest absolute Gasteiger partial charge is 0.412 e. The molecule has 0 bridgehead atoms. The second-order valence-corrected chi connectivity index (χ2v) is 5.74. The lowest BCUT2D eigenvalue weighted by atomic mass is 10.1. The standard InChI is InChI=1S/C16H17FN4O3S/c1-4-24-16(23)18-15-13(10(3)21-25-15)9(2)19-20-14(22)11-5-7-12(17)8-6-11/h5-8H,4H2,1-3H3,(H,18,23)(H,20,22)/b19-9+. The Hall–Kier alpha value is -2.81. The number of carbonyl (C=O) groups is 2. The zero-order valence-corrected chi connectivity index (χ0v) is 14.7. The Labute approximate surface area is 148 Å². The molecule has 0 spiro atoms. The van der Waals surface area contributed by atoms with Crippen LogP contribution in [0.1, 0.15) is 35.5 Å². The molecule has 0 saturated carbocycles. The molecule has 1 heterocycles. The van der Waals surface area contributed by atoms with Crippen LogP contribution in [0, 0.1) is 12.7 Å². The molecule has 0 atom stereocenters. The van der Waals surface area contributed by atoms with Crippen LogP contribution in [-0.4, -0.2) is 28.7 Å². The lowest BCUT2D eigenvalue weighted by Gasteiger charge is -2.07. The largest absolute Gasteiger partial charge is 0.450 e. The number of anilines is 1. The normalized spacial score (nSPS) is 11.1. The van der Waals surface area contributed by atoms with E-state index in [-0.39, 0.29) is 12.2 Å². The van der Waals surface area contributed by atoms with Gasteiger partial charge in [0.1, 0.15) is 10.8 Å². The van der Waals surface area contributed by atoms with Crippen LogP contribution in [0.3, 0.4) is 0 Å². The average Bonchev–Trinajstić information content (AvgIpc) is 2.93. The average molecular weight is 364 g/mol. The van der Waals surface area contributed by atoms with Crippen LogP contribution in [0.4, 0.5) is 14.2 Å². The monoisotopic (exact) mass is 364 g/mol. The van der Waals surface area contributed by atoms with Crippen molar-refractivity contribution in [1.82, 2.24) is 9.80 Å². The van der Waals surface area contributed by atoms with Gasteiger partial charge in [-0.25, -0.2) is 14.6 Å². The van der Waals surface area contributed by atoms with Gasteiger partial charge in [-0.2, -0.15) is 9.47 Å². The number of nitrogens with zero attached hydrogens (tertiary/aromatic N) is 2. The summed E-state index contributed by atoms with van der Waals surface area (Å²) in [6, 6.07) is 5.11. The van der Waals surface area contributed by atoms with Crippen LogP contribution < -0.4 is 10.7 Å². The summed E-state index contributed by atoms with van der Waals surface area (Å²) in [6.07, 6.45) is -0.587. The molecular weight excluding hydrogens is 347 g/mol. The summed E-state index contributed by atoms with van der Waals surface area (Å²) in [5.74, 6) is -0.897. The van der Waals surface area contributed by atoms with E-state index in [1.54, 1.807) is 20.8 Å². The predicted octanol–water partition coefficient (Wildman–Crippen LogP) is 3.31. The quantitative estimate of drug-likeness (QED) is 0.629. The molecule has 1 aromatic carbocycles. The highest BCUT2D eigenvalue weighted by molar-refractivity contribution is 7.11. The first-order valence-corrected chi connectivity index (χ1v) is 8.20. The van der Waals surface area contributed by atoms with E-state index in [2.05, 4.69) is 20.2 Å². The van der Waals surface area contributed by atoms with Crippen LogP contribution in [0.15, 0.2) is 29.4 Å². The molecule has 9 heteroatoms. The number of carbonyl (C=O) groups excluding carboxylic acids is 2. The summed E-state index contributed by atoms with van der Waals surface area (Å²) < 4.78 is 21.9. The van der Waals surface area contributed by atoms with Crippen molar-refractivity contribution in [2.24, 2.45) is 5.10 Å². The molecule has 2 aromatic rings. The number of aryl methyl sites for hydroxylation is 1. The first-order valence-electron chi connectivity index (χ1n) is 7.43. The maximum absolute atomic E-state index is 12.9. The van der Waals surface area contributed by atoms with E-state index >= 15 is 0 Å². The predicted molar refractivity (Wildman–Crippen MR) is 93.6 cm³/mol. The maximum Gasteiger partial charge on any atom is 0.412 e. The van der Waals surface area contributed by atoms with Gasteiger partial charge in [0.25, 0.3) is 5.91 Å². The minimum absolute atomic E-state index is 0.250. The molecule has 0 aliphatic heterocycles. The van der Waals surface area contributed by atoms with Crippen LogP contribution in [-0.2, 0) is 4.74 Å². The highest BCUT2D eigenvalue weighted by atomic mass is 32.1. The fraction of sp³-hybridized carbons (Fsp3) is 0.250. The number of halogens is 1. The van der Waals surface area contributed by atoms with E-state index in [1.165, 1.54) is 24.3 Å². The van der Waals surface area contributed by atoms with Gasteiger partial charge in [-0.3, -0.25) is 10.1 Å². The highest BCUT2D eigenvalue weighted by Gasteiger charge is 2.17. The van der Waals surface area contributed by atoms with Crippen molar-refractivity contribution < 1.29 is 18.7 Å². The van der Waals surface area contributed by atoms with Crippen molar-refractivity contribution in [3.63, 3.8) is 0 Å². The Balaban J connectivity index is 2.14. The lowest BCUT2D eigenvalue weighted by molar-refractivity contribution is 0.0954. The number of benzene rings is 1.